The van der Waals surface area contributed by atoms with Crippen molar-refractivity contribution in [1.82, 2.24) is 14.8 Å². The summed E-state index contributed by atoms with van der Waals surface area (Å²) in [5.74, 6) is 2.05. The Balaban J connectivity index is 2.03. The summed E-state index contributed by atoms with van der Waals surface area (Å²) in [5, 5.41) is 8.49. The predicted octanol–water partition coefficient (Wildman–Crippen LogP) is 1.65. The first-order chi connectivity index (χ1) is 8.74. The number of ether oxygens (including phenoxy) is 1. The van der Waals surface area contributed by atoms with Crippen LogP contribution in [0.5, 0.6) is 0 Å². The Labute approximate surface area is 109 Å². The molecule has 102 valence electrons. The lowest BCUT2D eigenvalue weighted by Gasteiger charge is -2.30. The molecule has 0 saturated carbocycles. The maximum Gasteiger partial charge on any atom is 0.159 e. The van der Waals surface area contributed by atoms with E-state index in [2.05, 4.69) is 28.6 Å². The third-order valence-electron chi connectivity index (χ3n) is 4.10. The molecule has 0 radical (unpaired) electrons. The van der Waals surface area contributed by atoms with Crippen LogP contribution in [0.1, 0.15) is 51.2 Å². The number of hydrogen-bond acceptors (Lipinski definition) is 4. The molecule has 0 unspecified atom stereocenters. The van der Waals surface area contributed by atoms with E-state index in [1.807, 2.05) is 0 Å². The second-order valence-electron chi connectivity index (χ2n) is 5.02. The Hall–Kier alpha value is -0.940. The second kappa shape index (κ2) is 5.80. The van der Waals surface area contributed by atoms with Gasteiger partial charge in [0.15, 0.2) is 5.82 Å². The van der Waals surface area contributed by atoms with E-state index < -0.39 is 0 Å². The van der Waals surface area contributed by atoms with E-state index in [1.54, 1.807) is 0 Å². The summed E-state index contributed by atoms with van der Waals surface area (Å²) in [5.41, 5.74) is 5.63. The van der Waals surface area contributed by atoms with Gasteiger partial charge in [-0.3, -0.25) is 0 Å². The van der Waals surface area contributed by atoms with Crippen molar-refractivity contribution in [2.75, 3.05) is 6.54 Å². The topological polar surface area (TPSA) is 66.0 Å². The molecule has 18 heavy (non-hydrogen) atoms. The average molecular weight is 252 g/mol. The van der Waals surface area contributed by atoms with Crippen LogP contribution >= 0.6 is 0 Å². The third kappa shape index (κ3) is 2.57. The van der Waals surface area contributed by atoms with Gasteiger partial charge >= 0.3 is 0 Å². The van der Waals surface area contributed by atoms with E-state index in [9.17, 15) is 0 Å². The first kappa shape index (κ1) is 13.5. The van der Waals surface area contributed by atoms with Gasteiger partial charge in [-0.05, 0) is 25.7 Å². The molecule has 5 heteroatoms. The molecule has 0 aliphatic carbocycles. The van der Waals surface area contributed by atoms with Crippen LogP contribution in [-0.4, -0.2) is 26.9 Å². The largest absolute Gasteiger partial charge is 0.366 e. The summed E-state index contributed by atoms with van der Waals surface area (Å²) in [6.45, 7) is 6.34. The van der Waals surface area contributed by atoms with E-state index in [-0.39, 0.29) is 5.60 Å². The highest BCUT2D eigenvalue weighted by Crippen LogP contribution is 2.22. The van der Waals surface area contributed by atoms with Crippen LogP contribution in [-0.2, 0) is 24.3 Å². The summed E-state index contributed by atoms with van der Waals surface area (Å²) in [7, 11) is 0. The van der Waals surface area contributed by atoms with E-state index in [0.29, 0.717) is 13.2 Å². The number of aryl methyl sites for hydroxylation is 1. The minimum absolute atomic E-state index is 0.207. The first-order valence-corrected chi connectivity index (χ1v) is 6.99. The first-order valence-electron chi connectivity index (χ1n) is 6.99. The normalized spacial score (nSPS) is 15.7. The average Bonchev–Trinajstić information content (AvgIpc) is 2.85. The van der Waals surface area contributed by atoms with Crippen LogP contribution in [0.4, 0.5) is 0 Å². The van der Waals surface area contributed by atoms with Gasteiger partial charge in [-0.1, -0.05) is 13.8 Å². The smallest absolute Gasteiger partial charge is 0.159 e. The number of hydrogen-bond donors (Lipinski definition) is 1. The van der Waals surface area contributed by atoms with Crippen LogP contribution in [0, 0.1) is 0 Å². The van der Waals surface area contributed by atoms with Crippen molar-refractivity contribution in [3.63, 3.8) is 0 Å². The zero-order valence-corrected chi connectivity index (χ0v) is 11.5. The Morgan fingerprint density at radius 2 is 2.06 bits per heavy atom. The van der Waals surface area contributed by atoms with Crippen LogP contribution < -0.4 is 5.73 Å². The minimum atomic E-state index is -0.207. The van der Waals surface area contributed by atoms with Gasteiger partial charge in [-0.2, -0.15) is 0 Å². The highest BCUT2D eigenvalue weighted by Gasteiger charge is 2.26. The van der Waals surface area contributed by atoms with Crippen molar-refractivity contribution in [2.24, 2.45) is 5.73 Å². The van der Waals surface area contributed by atoms with Crippen molar-refractivity contribution in [1.29, 1.82) is 0 Å². The molecule has 0 fully saturated rings. The summed E-state index contributed by atoms with van der Waals surface area (Å²) in [6, 6.07) is 0. The van der Waals surface area contributed by atoms with Gasteiger partial charge in [-0.25, -0.2) is 0 Å². The number of fused-ring (bicyclic) bond motifs is 1. The molecule has 1 aliphatic heterocycles. The molecule has 1 aromatic rings. The zero-order chi connectivity index (χ0) is 13.0. The lowest BCUT2D eigenvalue weighted by atomic mass is 9.97. The molecule has 0 bridgehead atoms. The molecule has 0 aromatic carbocycles. The molecule has 1 aliphatic rings. The Kier molecular flexibility index (Phi) is 4.35. The van der Waals surface area contributed by atoms with Crippen molar-refractivity contribution in [3.05, 3.63) is 11.6 Å². The van der Waals surface area contributed by atoms with Crippen LogP contribution in [0.3, 0.4) is 0 Å². The van der Waals surface area contributed by atoms with Crippen molar-refractivity contribution in [2.45, 2.75) is 64.7 Å². The molecule has 2 heterocycles. The van der Waals surface area contributed by atoms with E-state index in [4.69, 9.17) is 10.5 Å². The van der Waals surface area contributed by atoms with Gasteiger partial charge in [0.1, 0.15) is 12.4 Å². The molecular formula is C13H24N4O. The number of rotatable bonds is 6. The van der Waals surface area contributed by atoms with Crippen LogP contribution in [0.2, 0.25) is 0 Å². The molecule has 0 saturated heterocycles. The maximum atomic E-state index is 6.04. The van der Waals surface area contributed by atoms with E-state index in [1.165, 1.54) is 12.8 Å². The lowest BCUT2D eigenvalue weighted by molar-refractivity contribution is -0.0590. The zero-order valence-electron chi connectivity index (χ0n) is 11.5. The third-order valence-corrected chi connectivity index (χ3v) is 4.10. The fourth-order valence-corrected chi connectivity index (χ4v) is 2.49. The molecule has 1 aromatic heterocycles. The summed E-state index contributed by atoms with van der Waals surface area (Å²) in [6.07, 6.45) is 5.33. The fourth-order valence-electron chi connectivity index (χ4n) is 2.49. The molecular weight excluding hydrogens is 228 g/mol. The van der Waals surface area contributed by atoms with Gasteiger partial charge in [0, 0.05) is 19.5 Å². The van der Waals surface area contributed by atoms with Gasteiger partial charge in [0.25, 0.3) is 0 Å². The lowest BCUT2D eigenvalue weighted by Crippen LogP contribution is -2.39. The molecule has 2 N–H and O–H groups in total. The SMILES string of the molecule is CCC(CC)(CN)OCc1nnc2n1CCCC2. The summed E-state index contributed by atoms with van der Waals surface area (Å²) < 4.78 is 8.24. The fraction of sp³-hybridized carbons (Fsp3) is 0.846. The van der Waals surface area contributed by atoms with Crippen LogP contribution in [0.15, 0.2) is 0 Å². The van der Waals surface area contributed by atoms with Gasteiger partial charge < -0.3 is 15.0 Å². The molecule has 0 atom stereocenters. The maximum absolute atomic E-state index is 6.04. The molecule has 0 spiro atoms. The van der Waals surface area contributed by atoms with E-state index >= 15 is 0 Å². The Morgan fingerprint density at radius 1 is 1.28 bits per heavy atom. The van der Waals surface area contributed by atoms with Crippen molar-refractivity contribution < 1.29 is 4.74 Å². The standard InChI is InChI=1S/C13H24N4O/c1-3-13(4-2,10-14)18-9-12-16-15-11-7-5-6-8-17(11)12/h3-10,14H2,1-2H3. The highest BCUT2D eigenvalue weighted by atomic mass is 16.5. The van der Waals surface area contributed by atoms with E-state index in [0.717, 1.165) is 37.5 Å². The second-order valence-corrected chi connectivity index (χ2v) is 5.02. The summed E-state index contributed by atoms with van der Waals surface area (Å²) >= 11 is 0. The monoisotopic (exact) mass is 252 g/mol. The van der Waals surface area contributed by atoms with Gasteiger partial charge in [0.05, 0.1) is 5.60 Å². The number of aromatic nitrogens is 3. The minimum Gasteiger partial charge on any atom is -0.366 e. The number of nitrogens with zero attached hydrogens (tertiary/aromatic N) is 3. The van der Waals surface area contributed by atoms with Crippen molar-refractivity contribution in [3.8, 4) is 0 Å². The van der Waals surface area contributed by atoms with Gasteiger partial charge in [0.2, 0.25) is 0 Å². The summed E-state index contributed by atoms with van der Waals surface area (Å²) in [4.78, 5) is 0. The molecule has 5 nitrogen and oxygen atoms in total. The number of nitrogens with two attached hydrogens (primary N) is 1. The molecule has 2 rings (SSSR count). The van der Waals surface area contributed by atoms with Gasteiger partial charge in [-0.15, -0.1) is 10.2 Å². The van der Waals surface area contributed by atoms with Crippen LogP contribution in [0.25, 0.3) is 0 Å². The molecule has 0 amide bonds. The quantitative estimate of drug-likeness (QED) is 0.836. The Bertz CT molecular complexity index is 376. The Morgan fingerprint density at radius 3 is 2.72 bits per heavy atom. The highest BCUT2D eigenvalue weighted by molar-refractivity contribution is 4.98. The van der Waals surface area contributed by atoms with Crippen molar-refractivity contribution >= 4 is 0 Å². The predicted molar refractivity (Wildman–Crippen MR) is 70.1 cm³/mol.